The average Bonchev–Trinajstić information content (AvgIpc) is 2.14. The summed E-state index contributed by atoms with van der Waals surface area (Å²) in [5, 5.41) is 9.34. The number of anilines is 1. The van der Waals surface area contributed by atoms with Crippen molar-refractivity contribution in [2.45, 2.75) is 13.0 Å². The molecule has 1 aromatic rings. The van der Waals surface area contributed by atoms with Crippen LogP contribution in [0.15, 0.2) is 6.07 Å². The molecule has 1 aromatic heterocycles. The number of halogens is 2. The summed E-state index contributed by atoms with van der Waals surface area (Å²) in [6.07, 6.45) is 0. The molecule has 14 heavy (non-hydrogen) atoms. The van der Waals surface area contributed by atoms with Gasteiger partial charge >= 0.3 is 0 Å². The van der Waals surface area contributed by atoms with Crippen LogP contribution in [0.4, 0.5) is 5.82 Å². The van der Waals surface area contributed by atoms with Crippen LogP contribution in [0.25, 0.3) is 0 Å². The fourth-order valence-corrected chi connectivity index (χ4v) is 1.31. The highest BCUT2D eigenvalue weighted by molar-refractivity contribution is 6.32. The van der Waals surface area contributed by atoms with Gasteiger partial charge in [-0.05, 0) is 18.5 Å². The van der Waals surface area contributed by atoms with Gasteiger partial charge in [-0.25, -0.2) is 9.97 Å². The van der Waals surface area contributed by atoms with Gasteiger partial charge in [-0.3, -0.25) is 0 Å². The molecule has 0 aromatic carbocycles. The molecule has 0 fully saturated rings. The molecule has 0 aliphatic carbocycles. The summed E-state index contributed by atoms with van der Waals surface area (Å²) in [5.41, 5.74) is 0. The normalized spacial score (nSPS) is 12.6. The molecule has 0 aliphatic rings. The van der Waals surface area contributed by atoms with E-state index in [9.17, 15) is 0 Å². The van der Waals surface area contributed by atoms with E-state index < -0.39 is 0 Å². The lowest BCUT2D eigenvalue weighted by Crippen LogP contribution is -2.32. The number of likely N-dealkylation sites (N-methyl/N-ethyl adjacent to an activating group) is 1. The van der Waals surface area contributed by atoms with Crippen LogP contribution in [0.2, 0.25) is 10.4 Å². The molecule has 0 aliphatic heterocycles. The lowest BCUT2D eigenvalue weighted by Gasteiger charge is -2.24. The molecule has 0 bridgehead atoms. The molecule has 0 unspecified atom stereocenters. The molecule has 78 valence electrons. The SMILES string of the molecule is C[C@@H](CO)N(C)c1cc(Cl)nc(Cl)n1. The van der Waals surface area contributed by atoms with Crippen LogP contribution < -0.4 is 4.90 Å². The summed E-state index contributed by atoms with van der Waals surface area (Å²) in [5.74, 6) is 0.594. The van der Waals surface area contributed by atoms with Gasteiger partial charge in [0.25, 0.3) is 0 Å². The van der Waals surface area contributed by atoms with Crippen LogP contribution in [0, 0.1) is 0 Å². The van der Waals surface area contributed by atoms with Crippen LogP contribution >= 0.6 is 23.2 Å². The van der Waals surface area contributed by atoms with Crippen molar-refractivity contribution in [3.63, 3.8) is 0 Å². The number of aliphatic hydroxyl groups excluding tert-OH is 1. The summed E-state index contributed by atoms with van der Waals surface area (Å²) >= 11 is 11.4. The smallest absolute Gasteiger partial charge is 0.225 e. The van der Waals surface area contributed by atoms with E-state index >= 15 is 0 Å². The summed E-state index contributed by atoms with van der Waals surface area (Å²) in [6, 6.07) is 1.55. The Morgan fingerprint density at radius 2 is 2.14 bits per heavy atom. The van der Waals surface area contributed by atoms with Gasteiger partial charge in [-0.2, -0.15) is 0 Å². The first-order valence-corrected chi connectivity index (χ1v) is 4.84. The van der Waals surface area contributed by atoms with E-state index in [-0.39, 0.29) is 23.1 Å². The maximum Gasteiger partial charge on any atom is 0.225 e. The molecule has 0 amide bonds. The summed E-state index contributed by atoms with van der Waals surface area (Å²) in [7, 11) is 1.80. The Kier molecular flexibility index (Phi) is 3.92. The maximum atomic E-state index is 8.95. The molecule has 0 saturated carbocycles. The zero-order valence-electron chi connectivity index (χ0n) is 7.91. The monoisotopic (exact) mass is 235 g/mol. The van der Waals surface area contributed by atoms with Gasteiger partial charge in [0.1, 0.15) is 11.0 Å². The molecule has 1 rings (SSSR count). The lowest BCUT2D eigenvalue weighted by atomic mass is 10.3. The molecular formula is C8H11Cl2N3O. The number of aromatic nitrogens is 2. The Hall–Kier alpha value is -0.580. The van der Waals surface area contributed by atoms with Crippen molar-refractivity contribution in [2.24, 2.45) is 0 Å². The fraction of sp³-hybridized carbons (Fsp3) is 0.500. The van der Waals surface area contributed by atoms with Crippen molar-refractivity contribution in [2.75, 3.05) is 18.6 Å². The van der Waals surface area contributed by atoms with E-state index in [2.05, 4.69) is 9.97 Å². The van der Waals surface area contributed by atoms with E-state index in [0.29, 0.717) is 5.82 Å². The highest BCUT2D eigenvalue weighted by atomic mass is 35.5. The van der Waals surface area contributed by atoms with Gasteiger partial charge < -0.3 is 10.0 Å². The Labute approximate surface area is 92.5 Å². The zero-order valence-corrected chi connectivity index (χ0v) is 9.42. The van der Waals surface area contributed by atoms with Gasteiger partial charge in [-0.15, -0.1) is 0 Å². The van der Waals surface area contributed by atoms with Crippen LogP contribution in [-0.2, 0) is 0 Å². The first-order chi connectivity index (χ1) is 6.54. The van der Waals surface area contributed by atoms with E-state index in [1.54, 1.807) is 18.0 Å². The maximum absolute atomic E-state index is 8.95. The van der Waals surface area contributed by atoms with E-state index in [4.69, 9.17) is 28.3 Å². The van der Waals surface area contributed by atoms with Gasteiger partial charge in [-0.1, -0.05) is 11.6 Å². The third-order valence-electron chi connectivity index (χ3n) is 1.94. The van der Waals surface area contributed by atoms with Crippen molar-refractivity contribution in [1.82, 2.24) is 9.97 Å². The van der Waals surface area contributed by atoms with Gasteiger partial charge in [0.15, 0.2) is 0 Å². The number of hydrogen-bond acceptors (Lipinski definition) is 4. The molecule has 0 saturated heterocycles. The molecule has 6 heteroatoms. The Morgan fingerprint density at radius 3 is 2.64 bits per heavy atom. The van der Waals surface area contributed by atoms with E-state index in [0.717, 1.165) is 0 Å². The quantitative estimate of drug-likeness (QED) is 0.639. The fourth-order valence-electron chi connectivity index (χ4n) is 0.908. The van der Waals surface area contributed by atoms with Crippen molar-refractivity contribution < 1.29 is 5.11 Å². The second-order valence-electron chi connectivity index (χ2n) is 2.96. The van der Waals surface area contributed by atoms with Crippen LogP contribution in [0.5, 0.6) is 0 Å². The number of nitrogens with zero attached hydrogens (tertiary/aromatic N) is 3. The second-order valence-corrected chi connectivity index (χ2v) is 3.69. The van der Waals surface area contributed by atoms with Crippen molar-refractivity contribution in [3.8, 4) is 0 Å². The van der Waals surface area contributed by atoms with Crippen LogP contribution in [0.1, 0.15) is 6.92 Å². The van der Waals surface area contributed by atoms with Crippen molar-refractivity contribution in [1.29, 1.82) is 0 Å². The Morgan fingerprint density at radius 1 is 1.50 bits per heavy atom. The molecule has 0 radical (unpaired) electrons. The lowest BCUT2D eigenvalue weighted by molar-refractivity contribution is 0.270. The molecule has 1 heterocycles. The number of hydrogen-bond donors (Lipinski definition) is 1. The number of aliphatic hydroxyl groups is 1. The van der Waals surface area contributed by atoms with E-state index in [1.807, 2.05) is 6.92 Å². The third-order valence-corrected chi connectivity index (χ3v) is 2.30. The topological polar surface area (TPSA) is 49.2 Å². The third kappa shape index (κ3) is 2.70. The molecule has 0 spiro atoms. The van der Waals surface area contributed by atoms with Gasteiger partial charge in [0, 0.05) is 13.1 Å². The molecule has 1 atom stereocenters. The minimum atomic E-state index is -0.0444. The summed E-state index contributed by atoms with van der Waals surface area (Å²) in [4.78, 5) is 9.50. The predicted molar refractivity (Wildman–Crippen MR) is 57.0 cm³/mol. The highest BCUT2D eigenvalue weighted by Gasteiger charge is 2.11. The first kappa shape index (κ1) is 11.5. The molecule has 4 nitrogen and oxygen atoms in total. The standard InChI is InChI=1S/C8H11Cl2N3O/c1-5(4-14)13(2)7-3-6(9)11-8(10)12-7/h3,5,14H,4H2,1-2H3/t5-/m0/s1. The minimum absolute atomic E-state index is 0.0374. The molecular weight excluding hydrogens is 225 g/mol. The first-order valence-electron chi connectivity index (χ1n) is 4.08. The Balaban J connectivity index is 2.94. The Bertz CT molecular complexity index is 301. The molecule has 1 N–H and O–H groups in total. The van der Waals surface area contributed by atoms with Gasteiger partial charge in [0.2, 0.25) is 5.28 Å². The summed E-state index contributed by atoms with van der Waals surface area (Å²) in [6.45, 7) is 1.90. The van der Waals surface area contributed by atoms with Crippen molar-refractivity contribution in [3.05, 3.63) is 16.5 Å². The second kappa shape index (κ2) is 4.77. The van der Waals surface area contributed by atoms with Crippen LogP contribution in [-0.4, -0.2) is 34.8 Å². The number of rotatable bonds is 3. The van der Waals surface area contributed by atoms with Crippen LogP contribution in [0.3, 0.4) is 0 Å². The average molecular weight is 236 g/mol. The van der Waals surface area contributed by atoms with E-state index in [1.165, 1.54) is 0 Å². The van der Waals surface area contributed by atoms with Gasteiger partial charge in [0.05, 0.1) is 12.6 Å². The highest BCUT2D eigenvalue weighted by Crippen LogP contribution is 2.18. The summed E-state index contributed by atoms with van der Waals surface area (Å²) < 4.78 is 0. The van der Waals surface area contributed by atoms with Crippen molar-refractivity contribution >= 4 is 29.0 Å². The minimum Gasteiger partial charge on any atom is -0.394 e. The zero-order chi connectivity index (χ0) is 10.7. The largest absolute Gasteiger partial charge is 0.394 e. The predicted octanol–water partition coefficient (Wildman–Crippen LogP) is 1.60.